The molecule has 0 saturated heterocycles. The monoisotopic (exact) mass is 336 g/mol. The number of amides is 1. The summed E-state index contributed by atoms with van der Waals surface area (Å²) in [5.74, 6) is -0.430. The van der Waals surface area contributed by atoms with Crippen molar-refractivity contribution in [1.29, 1.82) is 0 Å². The van der Waals surface area contributed by atoms with Gasteiger partial charge in [-0.2, -0.15) is 0 Å². The van der Waals surface area contributed by atoms with Gasteiger partial charge in [-0.25, -0.2) is 4.98 Å². The molecule has 3 rings (SSSR count). The summed E-state index contributed by atoms with van der Waals surface area (Å²) in [6.45, 7) is 9.76. The van der Waals surface area contributed by atoms with Crippen LogP contribution in [0.5, 0.6) is 0 Å². The number of nitrogens with zero attached hydrogens (tertiary/aromatic N) is 3. The number of aryl methyl sites for hydroxylation is 3. The Hall–Kier alpha value is -2.82. The van der Waals surface area contributed by atoms with Crippen LogP contribution in [0.1, 0.15) is 39.8 Å². The van der Waals surface area contributed by atoms with E-state index in [1.54, 1.807) is 6.20 Å². The number of hydrogen-bond donors (Lipinski definition) is 1. The van der Waals surface area contributed by atoms with Crippen molar-refractivity contribution in [3.63, 3.8) is 0 Å². The number of primary amides is 1. The highest BCUT2D eigenvalue weighted by atomic mass is 16.1. The lowest BCUT2D eigenvalue weighted by Crippen LogP contribution is -2.24. The van der Waals surface area contributed by atoms with Crippen LogP contribution in [0.2, 0.25) is 0 Å². The number of fused-ring (bicyclic) bond motifs is 1. The van der Waals surface area contributed by atoms with Crippen LogP contribution < -0.4 is 10.6 Å². The third-order valence-corrected chi connectivity index (χ3v) is 4.81. The predicted molar refractivity (Wildman–Crippen MR) is 101 cm³/mol. The molecule has 0 unspecified atom stereocenters. The normalized spacial score (nSPS) is 11.0. The van der Waals surface area contributed by atoms with Crippen molar-refractivity contribution >= 4 is 17.2 Å². The molecule has 2 heterocycles. The van der Waals surface area contributed by atoms with Crippen molar-refractivity contribution < 1.29 is 4.79 Å². The van der Waals surface area contributed by atoms with Crippen molar-refractivity contribution in [2.24, 2.45) is 5.73 Å². The van der Waals surface area contributed by atoms with Crippen molar-refractivity contribution in [2.45, 2.75) is 34.2 Å². The number of carbonyl (C=O) groups is 1. The summed E-state index contributed by atoms with van der Waals surface area (Å²) in [5, 5.41) is 0. The van der Waals surface area contributed by atoms with E-state index in [2.05, 4.69) is 36.9 Å². The van der Waals surface area contributed by atoms with Gasteiger partial charge >= 0.3 is 0 Å². The quantitative estimate of drug-likeness (QED) is 0.777. The van der Waals surface area contributed by atoms with Crippen LogP contribution in [0.3, 0.4) is 0 Å². The van der Waals surface area contributed by atoms with E-state index in [4.69, 9.17) is 10.7 Å². The minimum atomic E-state index is -0.430. The Labute approximate surface area is 148 Å². The second-order valence-electron chi connectivity index (χ2n) is 6.40. The third kappa shape index (κ3) is 3.09. The fourth-order valence-corrected chi connectivity index (χ4v) is 3.08. The SMILES string of the molecule is CCN(Cc1ccccc1C)c1cc(C(N)=O)cn2c(C)c(C)nc12. The Morgan fingerprint density at radius 2 is 1.96 bits per heavy atom. The van der Waals surface area contributed by atoms with E-state index in [1.165, 1.54) is 11.1 Å². The molecule has 2 aromatic heterocycles. The highest BCUT2D eigenvalue weighted by Gasteiger charge is 2.17. The summed E-state index contributed by atoms with van der Waals surface area (Å²) in [6.07, 6.45) is 1.78. The van der Waals surface area contributed by atoms with E-state index >= 15 is 0 Å². The minimum Gasteiger partial charge on any atom is -0.366 e. The molecular weight excluding hydrogens is 312 g/mol. The second kappa shape index (κ2) is 6.59. The largest absolute Gasteiger partial charge is 0.366 e. The number of nitrogens with two attached hydrogens (primary N) is 1. The summed E-state index contributed by atoms with van der Waals surface area (Å²) in [6, 6.07) is 10.2. The maximum atomic E-state index is 11.8. The molecule has 0 fully saturated rings. The van der Waals surface area contributed by atoms with Gasteiger partial charge in [0.2, 0.25) is 5.91 Å². The van der Waals surface area contributed by atoms with Crippen molar-refractivity contribution in [3.8, 4) is 0 Å². The highest BCUT2D eigenvalue weighted by molar-refractivity contribution is 5.95. The van der Waals surface area contributed by atoms with Crippen LogP contribution in [0.25, 0.3) is 5.65 Å². The average Bonchev–Trinajstić information content (AvgIpc) is 2.88. The van der Waals surface area contributed by atoms with Gasteiger partial charge in [-0.05, 0) is 44.9 Å². The molecule has 0 aliphatic rings. The first kappa shape index (κ1) is 17.0. The predicted octanol–water partition coefficient (Wildman–Crippen LogP) is 3.38. The molecule has 5 nitrogen and oxygen atoms in total. The molecule has 5 heteroatoms. The summed E-state index contributed by atoms with van der Waals surface area (Å²) in [5.41, 5.74) is 12.3. The first-order valence-electron chi connectivity index (χ1n) is 8.51. The standard InChI is InChI=1S/C20H24N4O/c1-5-23(11-16-9-7-6-8-13(16)2)18-10-17(19(21)25)12-24-15(4)14(3)22-20(18)24/h6-10,12H,5,11H2,1-4H3,(H2,21,25). The van der Waals surface area contributed by atoms with Crippen LogP contribution in [0.15, 0.2) is 36.5 Å². The number of carbonyl (C=O) groups excluding carboxylic acids is 1. The van der Waals surface area contributed by atoms with E-state index in [-0.39, 0.29) is 0 Å². The Balaban J connectivity index is 2.16. The zero-order chi connectivity index (χ0) is 18.1. The number of hydrogen-bond acceptors (Lipinski definition) is 3. The van der Waals surface area contributed by atoms with Gasteiger partial charge in [0, 0.05) is 25.0 Å². The van der Waals surface area contributed by atoms with Crippen LogP contribution in [-0.2, 0) is 6.54 Å². The smallest absolute Gasteiger partial charge is 0.250 e. The van der Waals surface area contributed by atoms with E-state index in [0.29, 0.717) is 5.56 Å². The molecule has 130 valence electrons. The van der Waals surface area contributed by atoms with Crippen molar-refractivity contribution in [2.75, 3.05) is 11.4 Å². The zero-order valence-corrected chi connectivity index (χ0v) is 15.2. The Morgan fingerprint density at radius 3 is 2.60 bits per heavy atom. The molecule has 25 heavy (non-hydrogen) atoms. The van der Waals surface area contributed by atoms with E-state index < -0.39 is 5.91 Å². The Kier molecular flexibility index (Phi) is 4.49. The molecule has 0 atom stereocenters. The molecule has 0 aliphatic heterocycles. The topological polar surface area (TPSA) is 63.6 Å². The van der Waals surface area contributed by atoms with Crippen molar-refractivity contribution in [1.82, 2.24) is 9.38 Å². The Morgan fingerprint density at radius 1 is 1.24 bits per heavy atom. The van der Waals surface area contributed by atoms with Gasteiger partial charge in [-0.1, -0.05) is 24.3 Å². The van der Waals surface area contributed by atoms with Gasteiger partial charge < -0.3 is 15.0 Å². The van der Waals surface area contributed by atoms with Crippen LogP contribution in [-0.4, -0.2) is 21.8 Å². The summed E-state index contributed by atoms with van der Waals surface area (Å²) < 4.78 is 1.96. The maximum absolute atomic E-state index is 11.8. The fourth-order valence-electron chi connectivity index (χ4n) is 3.08. The lowest BCUT2D eigenvalue weighted by atomic mass is 10.1. The highest BCUT2D eigenvalue weighted by Crippen LogP contribution is 2.27. The number of anilines is 1. The number of aromatic nitrogens is 2. The molecule has 0 spiro atoms. The molecule has 0 radical (unpaired) electrons. The van der Waals surface area contributed by atoms with Crippen LogP contribution in [0, 0.1) is 20.8 Å². The molecular formula is C20H24N4O. The summed E-state index contributed by atoms with van der Waals surface area (Å²) >= 11 is 0. The van der Waals surface area contributed by atoms with Gasteiger partial charge in [0.1, 0.15) is 0 Å². The van der Waals surface area contributed by atoms with Crippen molar-refractivity contribution in [3.05, 3.63) is 64.6 Å². The fraction of sp³-hybridized carbons (Fsp3) is 0.300. The third-order valence-electron chi connectivity index (χ3n) is 4.81. The summed E-state index contributed by atoms with van der Waals surface area (Å²) in [7, 11) is 0. The van der Waals surface area contributed by atoms with Gasteiger partial charge in [0.05, 0.1) is 16.9 Å². The number of pyridine rings is 1. The molecule has 0 saturated carbocycles. The molecule has 0 bridgehead atoms. The maximum Gasteiger partial charge on any atom is 0.250 e. The van der Waals surface area contributed by atoms with Crippen LogP contribution >= 0.6 is 0 Å². The molecule has 3 aromatic rings. The average molecular weight is 336 g/mol. The molecule has 0 aliphatic carbocycles. The lowest BCUT2D eigenvalue weighted by molar-refractivity contribution is 0.1000. The lowest BCUT2D eigenvalue weighted by Gasteiger charge is -2.25. The van der Waals surface area contributed by atoms with E-state index in [1.807, 2.05) is 30.4 Å². The van der Waals surface area contributed by atoms with Gasteiger partial charge in [0.25, 0.3) is 0 Å². The number of benzene rings is 1. The van der Waals surface area contributed by atoms with Gasteiger partial charge in [-0.15, -0.1) is 0 Å². The minimum absolute atomic E-state index is 0.430. The van der Waals surface area contributed by atoms with Gasteiger partial charge in [0.15, 0.2) is 5.65 Å². The number of rotatable bonds is 5. The van der Waals surface area contributed by atoms with Crippen LogP contribution in [0.4, 0.5) is 5.69 Å². The van der Waals surface area contributed by atoms with Gasteiger partial charge in [-0.3, -0.25) is 4.79 Å². The second-order valence-corrected chi connectivity index (χ2v) is 6.40. The number of imidazole rings is 1. The molecule has 2 N–H and O–H groups in total. The molecule has 1 amide bonds. The first-order chi connectivity index (χ1) is 11.9. The summed E-state index contributed by atoms with van der Waals surface area (Å²) in [4.78, 5) is 18.8. The van der Waals surface area contributed by atoms with E-state index in [9.17, 15) is 4.79 Å². The Bertz CT molecular complexity index is 942. The zero-order valence-electron chi connectivity index (χ0n) is 15.2. The first-order valence-corrected chi connectivity index (χ1v) is 8.51. The van der Waals surface area contributed by atoms with E-state index in [0.717, 1.165) is 35.8 Å². The molecule has 1 aromatic carbocycles.